The number of ether oxygens (including phenoxy) is 1. The Kier molecular flexibility index (Phi) is 5.20. The molecule has 0 unspecified atom stereocenters. The van der Waals surface area contributed by atoms with Gasteiger partial charge in [0.15, 0.2) is 0 Å². The molecule has 0 heterocycles. The molecule has 3 heteroatoms. The molecule has 100 valence electrons. The first-order valence-electron chi connectivity index (χ1n) is 6.41. The first-order chi connectivity index (χ1) is 8.45. The third-order valence-corrected chi connectivity index (χ3v) is 2.78. The Balaban J connectivity index is 2.90. The average Bonchev–Trinajstić information content (AvgIpc) is 2.34. The van der Waals surface area contributed by atoms with Crippen molar-refractivity contribution in [3.63, 3.8) is 0 Å². The summed E-state index contributed by atoms with van der Waals surface area (Å²) in [5.41, 5.74) is 1.76. The second kappa shape index (κ2) is 6.43. The van der Waals surface area contributed by atoms with Crippen LogP contribution >= 0.6 is 0 Å². The molecule has 0 aliphatic heterocycles. The van der Waals surface area contributed by atoms with Gasteiger partial charge in [-0.2, -0.15) is 0 Å². The number of hydrogen-bond acceptors (Lipinski definition) is 2. The first kappa shape index (κ1) is 14.6. The Morgan fingerprint density at radius 3 is 2.44 bits per heavy atom. The van der Waals surface area contributed by atoms with E-state index >= 15 is 0 Å². The predicted octanol–water partition coefficient (Wildman–Crippen LogP) is 3.20. The Labute approximate surface area is 110 Å². The molecule has 0 bridgehead atoms. The third kappa shape index (κ3) is 3.76. The zero-order valence-electron chi connectivity index (χ0n) is 11.9. The van der Waals surface area contributed by atoms with E-state index in [0.717, 1.165) is 11.3 Å². The number of carbonyl (C=O) groups is 1. The van der Waals surface area contributed by atoms with Crippen LogP contribution in [0.2, 0.25) is 0 Å². The van der Waals surface area contributed by atoms with Gasteiger partial charge in [0.05, 0.1) is 7.11 Å². The van der Waals surface area contributed by atoms with Crippen LogP contribution in [0.5, 0.6) is 5.75 Å². The molecule has 1 rings (SSSR count). The number of carbonyl (C=O) groups excluding carboxylic acids is 1. The highest BCUT2D eigenvalue weighted by atomic mass is 16.5. The molecule has 0 radical (unpaired) electrons. The van der Waals surface area contributed by atoms with Gasteiger partial charge in [-0.05, 0) is 35.6 Å². The molecule has 0 atom stereocenters. The van der Waals surface area contributed by atoms with Crippen molar-refractivity contribution in [2.45, 2.75) is 33.6 Å². The summed E-state index contributed by atoms with van der Waals surface area (Å²) in [6, 6.07) is 5.58. The molecule has 0 aliphatic carbocycles. The van der Waals surface area contributed by atoms with E-state index in [1.165, 1.54) is 0 Å². The van der Waals surface area contributed by atoms with E-state index in [0.29, 0.717) is 23.9 Å². The maximum atomic E-state index is 12.0. The van der Waals surface area contributed by atoms with Crippen LogP contribution in [-0.4, -0.2) is 19.6 Å². The molecule has 1 amide bonds. The van der Waals surface area contributed by atoms with Gasteiger partial charge in [-0.25, -0.2) is 0 Å². The summed E-state index contributed by atoms with van der Waals surface area (Å²) in [6.07, 6.45) is 0. The van der Waals surface area contributed by atoms with Crippen LogP contribution in [-0.2, 0) is 0 Å². The van der Waals surface area contributed by atoms with Crippen molar-refractivity contribution in [2.75, 3.05) is 13.7 Å². The van der Waals surface area contributed by atoms with Gasteiger partial charge in [0.25, 0.3) is 5.91 Å². The van der Waals surface area contributed by atoms with Crippen LogP contribution in [0.4, 0.5) is 0 Å². The fraction of sp³-hybridized carbons (Fsp3) is 0.533. The number of amides is 1. The fourth-order valence-electron chi connectivity index (χ4n) is 1.73. The molecule has 0 aliphatic rings. The van der Waals surface area contributed by atoms with Gasteiger partial charge >= 0.3 is 0 Å². The lowest BCUT2D eigenvalue weighted by molar-refractivity contribution is 0.0949. The molecular formula is C15H23NO2. The lowest BCUT2D eigenvalue weighted by Crippen LogP contribution is -2.27. The van der Waals surface area contributed by atoms with Gasteiger partial charge in [0.1, 0.15) is 5.75 Å². The minimum Gasteiger partial charge on any atom is -0.496 e. The topological polar surface area (TPSA) is 38.3 Å². The monoisotopic (exact) mass is 249 g/mol. The van der Waals surface area contributed by atoms with Crippen molar-refractivity contribution >= 4 is 5.91 Å². The second-order valence-electron chi connectivity index (χ2n) is 5.22. The molecular weight excluding hydrogens is 226 g/mol. The van der Waals surface area contributed by atoms with Crippen LogP contribution in [0.3, 0.4) is 0 Å². The Morgan fingerprint density at radius 1 is 1.28 bits per heavy atom. The van der Waals surface area contributed by atoms with Crippen molar-refractivity contribution in [3.05, 3.63) is 29.3 Å². The van der Waals surface area contributed by atoms with Crippen molar-refractivity contribution < 1.29 is 9.53 Å². The summed E-state index contributed by atoms with van der Waals surface area (Å²) < 4.78 is 5.31. The molecule has 1 N–H and O–H groups in total. The summed E-state index contributed by atoms with van der Waals surface area (Å²) in [4.78, 5) is 12.0. The zero-order chi connectivity index (χ0) is 13.7. The lowest BCUT2D eigenvalue weighted by atomic mass is 9.99. The van der Waals surface area contributed by atoms with Crippen LogP contribution in [0.25, 0.3) is 0 Å². The van der Waals surface area contributed by atoms with Gasteiger partial charge in [-0.15, -0.1) is 0 Å². The lowest BCUT2D eigenvalue weighted by Gasteiger charge is -2.14. The van der Waals surface area contributed by atoms with Crippen molar-refractivity contribution in [2.24, 2.45) is 5.92 Å². The molecule has 0 saturated carbocycles. The zero-order valence-corrected chi connectivity index (χ0v) is 11.9. The van der Waals surface area contributed by atoms with E-state index in [4.69, 9.17) is 4.74 Å². The Hall–Kier alpha value is -1.51. The quantitative estimate of drug-likeness (QED) is 0.870. The standard InChI is InChI=1S/C15H23NO2/c1-10(2)9-16-15(17)12-6-7-14(18-5)13(8-12)11(3)4/h6-8,10-11H,9H2,1-5H3,(H,16,17). The first-order valence-corrected chi connectivity index (χ1v) is 6.41. The third-order valence-electron chi connectivity index (χ3n) is 2.78. The molecule has 0 saturated heterocycles. The van der Waals surface area contributed by atoms with E-state index in [1.807, 2.05) is 12.1 Å². The fourth-order valence-corrected chi connectivity index (χ4v) is 1.73. The van der Waals surface area contributed by atoms with E-state index in [1.54, 1.807) is 13.2 Å². The number of methoxy groups -OCH3 is 1. The number of rotatable bonds is 5. The SMILES string of the molecule is COc1ccc(C(=O)NCC(C)C)cc1C(C)C. The Bertz CT molecular complexity index is 411. The molecule has 0 spiro atoms. The number of benzene rings is 1. The van der Waals surface area contributed by atoms with E-state index in [2.05, 4.69) is 33.0 Å². The van der Waals surface area contributed by atoms with Crippen molar-refractivity contribution in [1.29, 1.82) is 0 Å². The van der Waals surface area contributed by atoms with E-state index in [9.17, 15) is 4.79 Å². The van der Waals surface area contributed by atoms with Gasteiger partial charge in [-0.1, -0.05) is 27.7 Å². The highest BCUT2D eigenvalue weighted by Crippen LogP contribution is 2.27. The minimum absolute atomic E-state index is 0.0201. The largest absolute Gasteiger partial charge is 0.496 e. The normalized spacial score (nSPS) is 10.8. The average molecular weight is 249 g/mol. The molecule has 0 aromatic heterocycles. The van der Waals surface area contributed by atoms with Crippen LogP contribution in [0.15, 0.2) is 18.2 Å². The number of nitrogens with one attached hydrogen (secondary N) is 1. The molecule has 0 fully saturated rings. The molecule has 1 aromatic carbocycles. The Morgan fingerprint density at radius 2 is 1.94 bits per heavy atom. The van der Waals surface area contributed by atoms with E-state index < -0.39 is 0 Å². The summed E-state index contributed by atoms with van der Waals surface area (Å²) in [7, 11) is 1.65. The molecule has 3 nitrogen and oxygen atoms in total. The maximum absolute atomic E-state index is 12.0. The van der Waals surface area contributed by atoms with Crippen molar-refractivity contribution in [3.8, 4) is 5.75 Å². The molecule has 18 heavy (non-hydrogen) atoms. The summed E-state index contributed by atoms with van der Waals surface area (Å²) in [6.45, 7) is 9.03. The predicted molar refractivity (Wildman–Crippen MR) is 74.3 cm³/mol. The van der Waals surface area contributed by atoms with E-state index in [-0.39, 0.29) is 5.91 Å². The van der Waals surface area contributed by atoms with Gasteiger partial charge in [0, 0.05) is 12.1 Å². The summed E-state index contributed by atoms with van der Waals surface area (Å²) in [5, 5.41) is 2.92. The van der Waals surface area contributed by atoms with Gasteiger partial charge in [-0.3, -0.25) is 4.79 Å². The van der Waals surface area contributed by atoms with Gasteiger partial charge in [0.2, 0.25) is 0 Å². The summed E-state index contributed by atoms with van der Waals surface area (Å²) >= 11 is 0. The second-order valence-corrected chi connectivity index (χ2v) is 5.22. The smallest absolute Gasteiger partial charge is 0.251 e. The maximum Gasteiger partial charge on any atom is 0.251 e. The van der Waals surface area contributed by atoms with Gasteiger partial charge < -0.3 is 10.1 Å². The van der Waals surface area contributed by atoms with Crippen LogP contribution in [0, 0.1) is 5.92 Å². The highest BCUT2D eigenvalue weighted by Gasteiger charge is 2.12. The minimum atomic E-state index is -0.0201. The summed E-state index contributed by atoms with van der Waals surface area (Å²) in [5.74, 6) is 1.60. The van der Waals surface area contributed by atoms with Crippen molar-refractivity contribution in [1.82, 2.24) is 5.32 Å². The highest BCUT2D eigenvalue weighted by molar-refractivity contribution is 5.94. The van der Waals surface area contributed by atoms with Crippen LogP contribution in [0.1, 0.15) is 49.5 Å². The van der Waals surface area contributed by atoms with Crippen LogP contribution < -0.4 is 10.1 Å². The number of hydrogen-bond donors (Lipinski definition) is 1. The molecule has 1 aromatic rings.